The summed E-state index contributed by atoms with van der Waals surface area (Å²) in [4.78, 5) is 20.5. The van der Waals surface area contributed by atoms with E-state index in [1.54, 1.807) is 18.2 Å². The fourth-order valence-corrected chi connectivity index (χ4v) is 8.31. The minimum Gasteiger partial charge on any atom is -0.508 e. The van der Waals surface area contributed by atoms with E-state index in [2.05, 4.69) is 15.3 Å². The van der Waals surface area contributed by atoms with Gasteiger partial charge >= 0.3 is 6.09 Å². The van der Waals surface area contributed by atoms with Crippen LogP contribution in [0.15, 0.2) is 82.7 Å². The molecule has 1 aromatic heterocycles. The highest BCUT2D eigenvalue weighted by Crippen LogP contribution is 2.33. The van der Waals surface area contributed by atoms with Crippen LogP contribution in [-0.4, -0.2) is 103 Å². The maximum Gasteiger partial charge on any atom is 0.407 e. The topological polar surface area (TPSA) is 183 Å². The van der Waals surface area contributed by atoms with Crippen LogP contribution in [-0.2, 0) is 37.1 Å². The molecule has 2 aliphatic rings. The second-order valence-electron chi connectivity index (χ2n) is 13.7. The molecule has 5 N–H and O–H groups in total. The van der Waals surface area contributed by atoms with Crippen LogP contribution in [0.4, 0.5) is 4.79 Å². The molecule has 2 aliphatic heterocycles. The number of aliphatic hydroxyl groups is 1. The minimum atomic E-state index is -4.18. The molecule has 2 fully saturated rings. The number of hydrogen-bond acceptors (Lipinski definition) is 10. The highest BCUT2D eigenvalue weighted by molar-refractivity contribution is 7.89. The Labute approximate surface area is 303 Å². The quantitative estimate of drug-likeness (QED) is 0.111. The number of sulfonamides is 1. The predicted octanol–water partition coefficient (Wildman–Crippen LogP) is 4.35. The summed E-state index contributed by atoms with van der Waals surface area (Å²) in [6.07, 6.45) is 0.141. The van der Waals surface area contributed by atoms with Crippen LogP contribution < -0.4 is 5.32 Å². The zero-order valence-electron chi connectivity index (χ0n) is 29.2. The first kappa shape index (κ1) is 37.3. The number of nitrogens with zero attached hydrogens (tertiary/aromatic N) is 2. The van der Waals surface area contributed by atoms with Crippen molar-refractivity contribution in [2.24, 2.45) is 16.8 Å². The second-order valence-corrected chi connectivity index (χ2v) is 15.7. The largest absolute Gasteiger partial charge is 0.508 e. The van der Waals surface area contributed by atoms with Crippen molar-refractivity contribution in [3.05, 3.63) is 89.5 Å². The third-order valence-corrected chi connectivity index (χ3v) is 11.2. The average Bonchev–Trinajstić information content (AvgIpc) is 3.82. The number of amides is 1. The zero-order chi connectivity index (χ0) is 36.8. The summed E-state index contributed by atoms with van der Waals surface area (Å²) >= 11 is 0. The van der Waals surface area contributed by atoms with Gasteiger partial charge in [0.25, 0.3) is 0 Å². The number of phenolic OH excluding ortho intramolecular Hbond substituents is 1. The lowest BCUT2D eigenvalue weighted by Gasteiger charge is -2.31. The molecule has 3 heterocycles. The Morgan fingerprint density at radius 3 is 2.58 bits per heavy atom. The normalized spacial score (nSPS) is 20.1. The Morgan fingerprint density at radius 1 is 1.06 bits per heavy atom. The van der Waals surface area contributed by atoms with Gasteiger partial charge < -0.3 is 39.8 Å². The Morgan fingerprint density at radius 2 is 1.83 bits per heavy atom. The number of ether oxygens (including phenoxy) is 3. The summed E-state index contributed by atoms with van der Waals surface area (Å²) in [5.41, 5.74) is 2.70. The van der Waals surface area contributed by atoms with E-state index < -0.39 is 40.7 Å². The summed E-state index contributed by atoms with van der Waals surface area (Å²) in [5.74, 6) is -0.117. The number of rotatable bonds is 15. The third-order valence-electron chi connectivity index (χ3n) is 9.38. The van der Waals surface area contributed by atoms with E-state index in [1.807, 2.05) is 56.3 Å². The molecule has 14 heteroatoms. The number of aromatic nitrogens is 1. The summed E-state index contributed by atoms with van der Waals surface area (Å²) in [7, 11) is -4.18. The minimum absolute atomic E-state index is 0.0212. The monoisotopic (exact) mass is 734 g/mol. The fraction of sp³-hybridized carbons (Fsp3) is 0.421. The molecular weight excluding hydrogens is 689 g/mol. The van der Waals surface area contributed by atoms with Crippen molar-refractivity contribution in [2.75, 3.05) is 32.8 Å². The molecule has 0 bridgehead atoms. The van der Waals surface area contributed by atoms with E-state index in [9.17, 15) is 28.5 Å². The van der Waals surface area contributed by atoms with E-state index in [0.717, 1.165) is 11.1 Å². The summed E-state index contributed by atoms with van der Waals surface area (Å²) in [6.45, 7) is 4.72. The Balaban J connectivity index is 1.20. The van der Waals surface area contributed by atoms with Gasteiger partial charge in [-0.2, -0.15) is 4.31 Å². The van der Waals surface area contributed by atoms with Crippen molar-refractivity contribution in [3.63, 3.8) is 0 Å². The van der Waals surface area contributed by atoms with Gasteiger partial charge in [0.2, 0.25) is 10.0 Å². The maximum absolute atomic E-state index is 14.3. The van der Waals surface area contributed by atoms with Gasteiger partial charge in [0.1, 0.15) is 11.9 Å². The Bertz CT molecular complexity index is 1950. The van der Waals surface area contributed by atoms with Crippen molar-refractivity contribution in [1.82, 2.24) is 14.6 Å². The fourth-order valence-electron chi connectivity index (χ4n) is 6.67. The number of benzene rings is 3. The van der Waals surface area contributed by atoms with Crippen LogP contribution in [0.3, 0.4) is 0 Å². The van der Waals surface area contributed by atoms with Gasteiger partial charge in [-0.25, -0.2) is 13.2 Å². The molecule has 1 amide bonds. The Kier molecular flexibility index (Phi) is 11.8. The van der Waals surface area contributed by atoms with Crippen molar-refractivity contribution >= 4 is 33.2 Å². The van der Waals surface area contributed by atoms with Gasteiger partial charge in [0.15, 0.2) is 12.2 Å². The number of aliphatic hydroxyl groups excluding tert-OH is 1. The van der Waals surface area contributed by atoms with E-state index in [-0.39, 0.29) is 54.5 Å². The first-order valence-corrected chi connectivity index (χ1v) is 19.0. The first-order valence-electron chi connectivity index (χ1n) is 17.5. The van der Waals surface area contributed by atoms with Crippen LogP contribution >= 0.6 is 0 Å². The van der Waals surface area contributed by atoms with E-state index in [0.29, 0.717) is 42.5 Å². The van der Waals surface area contributed by atoms with Gasteiger partial charge in [-0.15, -0.1) is 0 Å². The third kappa shape index (κ3) is 8.93. The predicted molar refractivity (Wildman–Crippen MR) is 195 cm³/mol. The molecule has 0 saturated carbocycles. The number of aromatic amines is 1. The molecule has 52 heavy (non-hydrogen) atoms. The van der Waals surface area contributed by atoms with E-state index in [1.165, 1.54) is 22.7 Å². The van der Waals surface area contributed by atoms with Crippen LogP contribution in [0, 0.1) is 11.8 Å². The Hall–Kier alpha value is -4.47. The molecule has 278 valence electrons. The van der Waals surface area contributed by atoms with Crippen LogP contribution in [0.1, 0.15) is 37.0 Å². The first-order chi connectivity index (χ1) is 25.0. The smallest absolute Gasteiger partial charge is 0.407 e. The number of carbonyl (C=O) groups excluding carboxylic acids is 1. The number of fused-ring (bicyclic) bond motifs is 2. The molecule has 2 unspecified atom stereocenters. The van der Waals surface area contributed by atoms with Gasteiger partial charge in [0, 0.05) is 36.8 Å². The highest BCUT2D eigenvalue weighted by Gasteiger charge is 2.44. The summed E-state index contributed by atoms with van der Waals surface area (Å²) in [5, 5.41) is 35.1. The highest BCUT2D eigenvalue weighted by atomic mass is 32.2. The van der Waals surface area contributed by atoms with Gasteiger partial charge in [-0.3, -0.25) is 4.99 Å². The molecule has 0 aliphatic carbocycles. The standard InChI is InChI=1S/C38H46N4O9S/c1-24(2)21-42(22-34(44)33(18-26-6-4-3-5-7-26)41-38(46)51-35-23-50-37-29(35)15-17-49-37)52(47,48)28-12-13-32-30(19-28)31(36(45)40-32)20-39-16-14-25-8-10-27(43)11-9-25/h3-13,19-20,24,29,33-35,37,40,43-45H,14-18,21-23H2,1-2H3,(H,41,46)/t29?,33-,34+,35-,37?/m0/s1. The number of phenols is 1. The number of aromatic hydroxyl groups is 2. The van der Waals surface area contributed by atoms with Crippen molar-refractivity contribution in [2.45, 2.75) is 62.5 Å². The van der Waals surface area contributed by atoms with Crippen LogP contribution in [0.5, 0.6) is 11.6 Å². The summed E-state index contributed by atoms with van der Waals surface area (Å²) < 4.78 is 46.7. The molecule has 2 saturated heterocycles. The van der Waals surface area contributed by atoms with Crippen LogP contribution in [0.2, 0.25) is 0 Å². The SMILES string of the molecule is CC(C)CN(C[C@@H](O)[C@H](Cc1ccccc1)NC(=O)O[C@H]1COC2OCCC21)S(=O)(=O)c1ccc2[nH]c(O)c(C=NCCc3ccc(O)cc3)c2c1. The maximum atomic E-state index is 14.3. The second kappa shape index (κ2) is 16.5. The molecule has 6 rings (SSSR count). The average molecular weight is 735 g/mol. The summed E-state index contributed by atoms with van der Waals surface area (Å²) in [6, 6.07) is 19.8. The van der Waals surface area contributed by atoms with Crippen molar-refractivity contribution < 1.29 is 42.7 Å². The lowest BCUT2D eigenvalue weighted by molar-refractivity contribution is -0.0907. The molecule has 0 radical (unpaired) electrons. The number of hydrogen-bond donors (Lipinski definition) is 5. The number of aliphatic imine (C=N–C) groups is 1. The molecule has 5 atom stereocenters. The van der Waals surface area contributed by atoms with E-state index in [4.69, 9.17) is 14.2 Å². The van der Waals surface area contributed by atoms with E-state index >= 15 is 0 Å². The van der Waals surface area contributed by atoms with Gasteiger partial charge in [0.05, 0.1) is 41.7 Å². The zero-order valence-corrected chi connectivity index (χ0v) is 30.0. The van der Waals surface area contributed by atoms with Gasteiger partial charge in [-0.1, -0.05) is 56.3 Å². The van der Waals surface area contributed by atoms with Crippen molar-refractivity contribution in [1.29, 1.82) is 0 Å². The number of carbonyl (C=O) groups is 1. The molecular formula is C38H46N4O9S. The molecule has 0 spiro atoms. The van der Waals surface area contributed by atoms with Gasteiger partial charge in [-0.05, 0) is 66.6 Å². The van der Waals surface area contributed by atoms with Crippen LogP contribution in [0.25, 0.3) is 10.9 Å². The lowest BCUT2D eigenvalue weighted by atomic mass is 10.0. The number of nitrogens with one attached hydrogen (secondary N) is 2. The molecule has 4 aromatic rings. The molecule has 13 nitrogen and oxygen atoms in total. The number of H-pyrrole nitrogens is 1. The number of alkyl carbamates (subject to hydrolysis) is 1. The van der Waals surface area contributed by atoms with Crippen molar-refractivity contribution in [3.8, 4) is 11.6 Å². The molecule has 3 aromatic carbocycles. The lowest BCUT2D eigenvalue weighted by Crippen LogP contribution is -2.51.